The lowest BCUT2D eigenvalue weighted by Crippen LogP contribution is -2.60. The predicted molar refractivity (Wildman–Crippen MR) is 230 cm³/mol. The average Bonchev–Trinajstić information content (AvgIpc) is 4.03. The van der Waals surface area contributed by atoms with Crippen LogP contribution in [-0.4, -0.2) is 97.3 Å². The molecule has 0 aliphatic carbocycles. The van der Waals surface area contributed by atoms with Crippen molar-refractivity contribution in [3.8, 4) is 51.2 Å². The SMILES string of the molecule is CC1(C)CC(n2nnc3cc(-c4ccc(-c5ncc(CC6(C)CC(n7nnc8cc(-c9ccc(-n%10ccnc%10)cc9O)nnc87)CC(C)(C)N6)o5)cc4O)nnc32)CC(C)(C)N1. The van der Waals surface area contributed by atoms with E-state index in [0.717, 1.165) is 24.9 Å². The fourth-order valence-electron chi connectivity index (χ4n) is 10.2. The highest BCUT2D eigenvalue weighted by Crippen LogP contribution is 2.41. The zero-order valence-corrected chi connectivity index (χ0v) is 35.7. The van der Waals surface area contributed by atoms with E-state index in [4.69, 9.17) is 4.42 Å². The van der Waals surface area contributed by atoms with Gasteiger partial charge >= 0.3 is 0 Å². The van der Waals surface area contributed by atoms with E-state index < -0.39 is 5.54 Å². The quantitative estimate of drug-likeness (QED) is 0.128. The monoisotopic (exact) mass is 835 g/mol. The van der Waals surface area contributed by atoms with Gasteiger partial charge in [-0.05, 0) is 117 Å². The van der Waals surface area contributed by atoms with Crippen LogP contribution in [0.1, 0.15) is 92.0 Å². The van der Waals surface area contributed by atoms with E-state index >= 15 is 0 Å². The number of nitrogens with zero attached hydrogens (tertiary/aromatic N) is 13. The third-order valence-corrected chi connectivity index (χ3v) is 12.1. The second-order valence-corrected chi connectivity index (χ2v) is 19.2. The third-order valence-electron chi connectivity index (χ3n) is 12.1. The maximum Gasteiger partial charge on any atom is 0.226 e. The molecule has 8 aromatic rings. The molecule has 0 bridgehead atoms. The molecule has 18 heteroatoms. The van der Waals surface area contributed by atoms with Crippen LogP contribution in [0.25, 0.3) is 62.0 Å². The van der Waals surface area contributed by atoms with E-state index in [0.29, 0.717) is 74.9 Å². The molecule has 2 saturated heterocycles. The van der Waals surface area contributed by atoms with Gasteiger partial charge < -0.3 is 29.8 Å². The van der Waals surface area contributed by atoms with Gasteiger partial charge in [0.25, 0.3) is 0 Å². The summed E-state index contributed by atoms with van der Waals surface area (Å²) in [6, 6.07) is 14.3. The smallest absolute Gasteiger partial charge is 0.226 e. The first-order chi connectivity index (χ1) is 29.5. The Morgan fingerprint density at radius 1 is 0.677 bits per heavy atom. The normalized spacial score (nSPS) is 21.2. The second-order valence-electron chi connectivity index (χ2n) is 19.2. The van der Waals surface area contributed by atoms with Crippen LogP contribution in [0.15, 0.2) is 77.9 Å². The van der Waals surface area contributed by atoms with Gasteiger partial charge in [-0.3, -0.25) is 0 Å². The molecule has 8 heterocycles. The summed E-state index contributed by atoms with van der Waals surface area (Å²) < 4.78 is 11.9. The van der Waals surface area contributed by atoms with Crippen LogP contribution in [0.2, 0.25) is 0 Å². The molecule has 6 aromatic heterocycles. The molecular weight excluding hydrogens is 787 g/mol. The number of oxazole rings is 1. The number of aromatic nitrogens is 13. The minimum Gasteiger partial charge on any atom is -0.507 e. The van der Waals surface area contributed by atoms with Crippen molar-refractivity contribution in [2.24, 2.45) is 0 Å². The number of imidazole rings is 1. The molecule has 2 aromatic carbocycles. The highest BCUT2D eigenvalue weighted by molar-refractivity contribution is 5.79. The second kappa shape index (κ2) is 14.2. The molecule has 10 rings (SSSR count). The van der Waals surface area contributed by atoms with Gasteiger partial charge in [-0.2, -0.15) is 0 Å². The van der Waals surface area contributed by atoms with Crippen LogP contribution in [-0.2, 0) is 6.42 Å². The van der Waals surface area contributed by atoms with Crippen molar-refractivity contribution in [2.75, 3.05) is 0 Å². The summed E-state index contributed by atoms with van der Waals surface area (Å²) in [5.41, 5.74) is 5.03. The van der Waals surface area contributed by atoms with Crippen molar-refractivity contribution in [3.63, 3.8) is 0 Å². The van der Waals surface area contributed by atoms with E-state index in [-0.39, 0.29) is 40.2 Å². The molecule has 0 spiro atoms. The standard InChI is InChI=1S/C44H49N15O3/c1-41(2)18-27(19-42(3,4)53-41)58-38-34(49-55-58)16-32(47-51-38)30-10-8-25(14-36(30)60)40-46-23-29(62-40)22-44(7)21-28(20-43(5,6)54-44)59-39-35(50-56-59)17-33(48-52-39)31-11-9-26(15-37(31)61)57-13-12-45-24-57/h8-17,23-24,27-28,53-54,60-61H,18-22H2,1-7H3. The molecule has 2 aliphatic rings. The molecule has 2 aliphatic heterocycles. The number of piperidine rings is 2. The van der Waals surface area contributed by atoms with Gasteiger partial charge in [-0.15, -0.1) is 30.6 Å². The van der Waals surface area contributed by atoms with Crippen LogP contribution >= 0.6 is 0 Å². The lowest BCUT2D eigenvalue weighted by Gasteiger charge is -2.47. The minimum absolute atomic E-state index is 0.0197. The number of benzene rings is 2. The van der Waals surface area contributed by atoms with E-state index in [1.165, 1.54) is 0 Å². The van der Waals surface area contributed by atoms with E-state index in [1.807, 2.05) is 38.3 Å². The Kier molecular flexibility index (Phi) is 9.04. The van der Waals surface area contributed by atoms with Crippen LogP contribution in [0.3, 0.4) is 0 Å². The van der Waals surface area contributed by atoms with Crippen molar-refractivity contribution in [2.45, 2.75) is 115 Å². The average molecular weight is 836 g/mol. The van der Waals surface area contributed by atoms with Crippen molar-refractivity contribution in [1.29, 1.82) is 0 Å². The molecule has 0 amide bonds. The number of hydrogen-bond acceptors (Lipinski definition) is 15. The molecule has 4 N–H and O–H groups in total. The first-order valence-electron chi connectivity index (χ1n) is 20.9. The Labute approximate surface area is 356 Å². The van der Waals surface area contributed by atoms with Crippen LogP contribution < -0.4 is 10.6 Å². The highest BCUT2D eigenvalue weighted by Gasteiger charge is 2.43. The minimum atomic E-state index is -0.414. The molecule has 62 heavy (non-hydrogen) atoms. The van der Waals surface area contributed by atoms with Gasteiger partial charge in [-0.1, -0.05) is 10.4 Å². The molecule has 318 valence electrons. The van der Waals surface area contributed by atoms with Gasteiger partial charge in [0, 0.05) is 63.7 Å². The summed E-state index contributed by atoms with van der Waals surface area (Å²) >= 11 is 0. The first-order valence-corrected chi connectivity index (χ1v) is 20.9. The summed E-state index contributed by atoms with van der Waals surface area (Å²) in [7, 11) is 0. The number of phenols is 2. The van der Waals surface area contributed by atoms with Gasteiger partial charge in [0.05, 0.1) is 41.7 Å². The van der Waals surface area contributed by atoms with Gasteiger partial charge in [-0.25, -0.2) is 19.3 Å². The molecule has 18 nitrogen and oxygen atoms in total. The third kappa shape index (κ3) is 7.42. The maximum absolute atomic E-state index is 11.3. The van der Waals surface area contributed by atoms with Crippen LogP contribution in [0.5, 0.6) is 11.5 Å². The number of rotatable bonds is 8. The van der Waals surface area contributed by atoms with Crippen LogP contribution in [0, 0.1) is 0 Å². The highest BCUT2D eigenvalue weighted by atomic mass is 16.4. The van der Waals surface area contributed by atoms with Crippen molar-refractivity contribution in [1.82, 2.24) is 75.6 Å². The Hall–Kier alpha value is -6.66. The topological polar surface area (TPSA) is 221 Å². The summed E-state index contributed by atoms with van der Waals surface area (Å²) in [5.74, 6) is 1.18. The van der Waals surface area contributed by atoms with E-state index in [1.54, 1.807) is 49.1 Å². The lowest BCUT2D eigenvalue weighted by atomic mass is 9.76. The number of nitrogens with one attached hydrogen (secondary N) is 2. The van der Waals surface area contributed by atoms with Gasteiger partial charge in [0.2, 0.25) is 17.2 Å². The number of hydrogen-bond donors (Lipinski definition) is 4. The summed E-state index contributed by atoms with van der Waals surface area (Å²) in [6.45, 7) is 15.3. The fourth-order valence-corrected chi connectivity index (χ4v) is 10.2. The molecule has 2 atom stereocenters. The molecule has 2 fully saturated rings. The Morgan fingerprint density at radius 3 is 1.84 bits per heavy atom. The Morgan fingerprint density at radius 2 is 1.26 bits per heavy atom. The van der Waals surface area contributed by atoms with E-state index in [2.05, 4.69) is 110 Å². The van der Waals surface area contributed by atoms with Crippen LogP contribution in [0.4, 0.5) is 0 Å². The summed E-state index contributed by atoms with van der Waals surface area (Å²) in [6.07, 6.45) is 10.7. The largest absolute Gasteiger partial charge is 0.507 e. The summed E-state index contributed by atoms with van der Waals surface area (Å²) in [5, 5.41) is 65.8. The number of fused-ring (bicyclic) bond motifs is 2. The molecular formula is C44H49N15O3. The fraction of sp³-hybridized carbons (Fsp3) is 0.409. The van der Waals surface area contributed by atoms with Gasteiger partial charge in [0.15, 0.2) is 0 Å². The molecule has 0 saturated carbocycles. The molecule has 2 unspecified atom stereocenters. The lowest BCUT2D eigenvalue weighted by molar-refractivity contribution is 0.110. The number of phenolic OH excluding ortho intramolecular Hbond substituents is 2. The van der Waals surface area contributed by atoms with Crippen molar-refractivity contribution in [3.05, 3.63) is 79.2 Å². The van der Waals surface area contributed by atoms with Crippen molar-refractivity contribution < 1.29 is 14.6 Å². The maximum atomic E-state index is 11.3. The first kappa shape index (κ1) is 39.5. The zero-order chi connectivity index (χ0) is 43.2. The Balaban J connectivity index is 0.847. The van der Waals surface area contributed by atoms with E-state index in [9.17, 15) is 10.2 Å². The summed E-state index contributed by atoms with van der Waals surface area (Å²) in [4.78, 5) is 8.69. The zero-order valence-electron chi connectivity index (χ0n) is 35.7. The Bertz CT molecular complexity index is 2950. The van der Waals surface area contributed by atoms with Gasteiger partial charge in [0.1, 0.15) is 28.3 Å². The molecule has 0 radical (unpaired) electrons. The predicted octanol–water partition coefficient (Wildman–Crippen LogP) is 6.53. The van der Waals surface area contributed by atoms with Crippen molar-refractivity contribution >= 4 is 22.3 Å². The number of aromatic hydroxyl groups is 2.